The molecule has 9 heteroatoms. The number of nitrogens with zero attached hydrogens (tertiary/aromatic N) is 3. The number of carbonyl (C=O) groups is 1. The smallest absolute Gasteiger partial charge is 0.422 e. The van der Waals surface area contributed by atoms with Crippen molar-refractivity contribution in [2.45, 2.75) is 57.2 Å². The summed E-state index contributed by atoms with van der Waals surface area (Å²) in [5, 5.41) is 0. The number of benzene rings is 2. The minimum Gasteiger partial charge on any atom is -0.482 e. The summed E-state index contributed by atoms with van der Waals surface area (Å²) in [6, 6.07) is 11.6. The van der Waals surface area contributed by atoms with Gasteiger partial charge in [-0.05, 0) is 61.6 Å². The van der Waals surface area contributed by atoms with Gasteiger partial charge in [0.25, 0.3) is 0 Å². The van der Waals surface area contributed by atoms with Crippen LogP contribution in [-0.4, -0.2) is 62.4 Å². The number of hydrogen-bond acceptors (Lipinski definition) is 4. The van der Waals surface area contributed by atoms with Gasteiger partial charge in [0.15, 0.2) is 6.61 Å². The van der Waals surface area contributed by atoms with Gasteiger partial charge in [0.1, 0.15) is 11.6 Å². The van der Waals surface area contributed by atoms with Crippen LogP contribution in [0.2, 0.25) is 0 Å². The maximum absolute atomic E-state index is 14.0. The molecule has 206 valence electrons. The van der Waals surface area contributed by atoms with E-state index in [2.05, 4.69) is 9.80 Å². The number of para-hydroxylation sites is 2. The highest BCUT2D eigenvalue weighted by molar-refractivity contribution is 5.97. The molecule has 2 aromatic rings. The Labute approximate surface area is 221 Å². The lowest BCUT2D eigenvalue weighted by Crippen LogP contribution is -2.55. The second kappa shape index (κ2) is 11.5. The molecule has 3 aliphatic rings. The molecule has 1 atom stereocenters. The zero-order valence-electron chi connectivity index (χ0n) is 21.6. The predicted octanol–water partition coefficient (Wildman–Crippen LogP) is 5.82. The number of hydrogen-bond donors (Lipinski definition) is 0. The van der Waals surface area contributed by atoms with Crippen LogP contribution in [-0.2, 0) is 11.2 Å². The second-order valence-electron chi connectivity index (χ2n) is 10.7. The van der Waals surface area contributed by atoms with Crippen LogP contribution in [0.5, 0.6) is 5.75 Å². The van der Waals surface area contributed by atoms with Crippen LogP contribution in [0, 0.1) is 11.7 Å². The Morgan fingerprint density at radius 1 is 0.921 bits per heavy atom. The van der Waals surface area contributed by atoms with Gasteiger partial charge in [-0.2, -0.15) is 13.2 Å². The fraction of sp³-hybridized carbons (Fsp3) is 0.552. The topological polar surface area (TPSA) is 36.0 Å². The molecule has 0 N–H and O–H groups in total. The molecule has 2 aromatic carbocycles. The average molecular weight is 534 g/mol. The SMILES string of the molecule is O=C(C1CCCCC1)N1c2ccc(F)cc2CCC1CN1CCN(c2ccccc2OCC(F)(F)F)CC1. The van der Waals surface area contributed by atoms with E-state index in [4.69, 9.17) is 4.74 Å². The van der Waals surface area contributed by atoms with Crippen molar-refractivity contribution in [2.75, 3.05) is 49.1 Å². The molecular weight excluding hydrogens is 498 g/mol. The molecule has 0 aromatic heterocycles. The first-order valence-electron chi connectivity index (χ1n) is 13.7. The Hall–Kier alpha value is -2.81. The van der Waals surface area contributed by atoms with Crippen molar-refractivity contribution >= 4 is 17.3 Å². The minimum absolute atomic E-state index is 0.0105. The molecule has 0 bridgehead atoms. The van der Waals surface area contributed by atoms with Gasteiger partial charge in [0.05, 0.1) is 5.69 Å². The third-order valence-corrected chi connectivity index (χ3v) is 8.04. The largest absolute Gasteiger partial charge is 0.482 e. The standard InChI is InChI=1S/C29H35F4N3O2/c30-23-11-13-25-22(18-23)10-12-24(36(25)28(37)21-6-2-1-3-7-21)19-34-14-16-35(17-15-34)26-8-4-5-9-27(26)38-20-29(31,32)33/h4-5,8-9,11,13,18,21,24H,1-3,6-7,10,12,14-17,19-20H2. The van der Waals surface area contributed by atoms with E-state index < -0.39 is 12.8 Å². The molecule has 38 heavy (non-hydrogen) atoms. The Bertz CT molecular complexity index is 1110. The monoisotopic (exact) mass is 533 g/mol. The average Bonchev–Trinajstić information content (AvgIpc) is 2.92. The molecule has 1 saturated carbocycles. The van der Waals surface area contributed by atoms with Crippen molar-refractivity contribution < 1.29 is 27.1 Å². The summed E-state index contributed by atoms with van der Waals surface area (Å²) in [7, 11) is 0. The molecule has 0 spiro atoms. The molecule has 5 nitrogen and oxygen atoms in total. The van der Waals surface area contributed by atoms with E-state index in [1.54, 1.807) is 36.4 Å². The van der Waals surface area contributed by atoms with Crippen molar-refractivity contribution in [3.8, 4) is 5.75 Å². The van der Waals surface area contributed by atoms with Crippen molar-refractivity contribution in [3.63, 3.8) is 0 Å². The summed E-state index contributed by atoms with van der Waals surface area (Å²) in [5.74, 6) is 0.144. The summed E-state index contributed by atoms with van der Waals surface area (Å²) in [6.45, 7) is 2.16. The molecule has 2 aliphatic heterocycles. The number of carbonyl (C=O) groups excluding carboxylic acids is 1. The Balaban J connectivity index is 1.26. The number of aryl methyl sites for hydroxylation is 1. The summed E-state index contributed by atoms with van der Waals surface area (Å²) in [6.07, 6.45) is 2.25. The van der Waals surface area contributed by atoms with Crippen LogP contribution in [0.3, 0.4) is 0 Å². The van der Waals surface area contributed by atoms with E-state index >= 15 is 0 Å². The molecule has 0 radical (unpaired) electrons. The first-order chi connectivity index (χ1) is 18.3. The molecular formula is C29H35F4N3O2. The van der Waals surface area contributed by atoms with Crippen LogP contribution in [0.4, 0.5) is 28.9 Å². The van der Waals surface area contributed by atoms with E-state index in [0.29, 0.717) is 18.8 Å². The third-order valence-electron chi connectivity index (χ3n) is 8.04. The number of ether oxygens (including phenoxy) is 1. The maximum atomic E-state index is 14.0. The quantitative estimate of drug-likeness (QED) is 0.439. The number of fused-ring (bicyclic) bond motifs is 1. The lowest BCUT2D eigenvalue weighted by molar-refractivity contribution is -0.153. The van der Waals surface area contributed by atoms with Crippen LogP contribution < -0.4 is 14.5 Å². The highest BCUT2D eigenvalue weighted by atomic mass is 19.4. The summed E-state index contributed by atoms with van der Waals surface area (Å²) >= 11 is 0. The van der Waals surface area contributed by atoms with Crippen LogP contribution >= 0.6 is 0 Å². The van der Waals surface area contributed by atoms with Crippen molar-refractivity contribution in [1.29, 1.82) is 0 Å². The molecule has 1 saturated heterocycles. The normalized spacial score (nSPS) is 21.3. The number of alkyl halides is 3. The van der Waals surface area contributed by atoms with Gasteiger partial charge in [-0.25, -0.2) is 4.39 Å². The zero-order chi connectivity index (χ0) is 26.7. The van der Waals surface area contributed by atoms with Crippen molar-refractivity contribution in [1.82, 2.24) is 4.90 Å². The Morgan fingerprint density at radius 3 is 2.39 bits per heavy atom. The summed E-state index contributed by atoms with van der Waals surface area (Å²) < 4.78 is 57.2. The van der Waals surface area contributed by atoms with Gasteiger partial charge < -0.3 is 14.5 Å². The molecule has 5 rings (SSSR count). The Kier molecular flexibility index (Phi) is 8.12. The first-order valence-corrected chi connectivity index (χ1v) is 13.7. The molecule has 1 aliphatic carbocycles. The first kappa shape index (κ1) is 26.8. The highest BCUT2D eigenvalue weighted by Gasteiger charge is 2.37. The Morgan fingerprint density at radius 2 is 1.66 bits per heavy atom. The number of piperazine rings is 1. The van der Waals surface area contributed by atoms with Crippen LogP contribution in [0.25, 0.3) is 0 Å². The number of halogens is 4. The van der Waals surface area contributed by atoms with Gasteiger partial charge in [0, 0.05) is 50.4 Å². The second-order valence-corrected chi connectivity index (χ2v) is 10.7. The molecule has 2 fully saturated rings. The number of anilines is 2. The number of rotatable bonds is 6. The van der Waals surface area contributed by atoms with E-state index in [1.165, 1.54) is 12.5 Å². The van der Waals surface area contributed by atoms with E-state index in [-0.39, 0.29) is 29.4 Å². The van der Waals surface area contributed by atoms with E-state index in [0.717, 1.165) is 69.4 Å². The van der Waals surface area contributed by atoms with Gasteiger partial charge in [-0.15, -0.1) is 0 Å². The zero-order valence-corrected chi connectivity index (χ0v) is 21.6. The highest BCUT2D eigenvalue weighted by Crippen LogP contribution is 2.36. The van der Waals surface area contributed by atoms with Crippen LogP contribution in [0.15, 0.2) is 42.5 Å². The lowest BCUT2D eigenvalue weighted by Gasteiger charge is -2.44. The van der Waals surface area contributed by atoms with E-state index in [1.807, 2.05) is 4.90 Å². The van der Waals surface area contributed by atoms with Gasteiger partial charge >= 0.3 is 6.18 Å². The molecule has 1 amide bonds. The van der Waals surface area contributed by atoms with Gasteiger partial charge in [0.2, 0.25) is 5.91 Å². The number of amides is 1. The fourth-order valence-electron chi connectivity index (χ4n) is 6.12. The summed E-state index contributed by atoms with van der Waals surface area (Å²) in [4.78, 5) is 20.1. The minimum atomic E-state index is -4.39. The van der Waals surface area contributed by atoms with Crippen LogP contribution in [0.1, 0.15) is 44.1 Å². The molecule has 1 unspecified atom stereocenters. The predicted molar refractivity (Wildman–Crippen MR) is 139 cm³/mol. The van der Waals surface area contributed by atoms with Crippen molar-refractivity contribution in [2.24, 2.45) is 5.92 Å². The maximum Gasteiger partial charge on any atom is 0.422 e. The third kappa shape index (κ3) is 6.25. The van der Waals surface area contributed by atoms with Crippen molar-refractivity contribution in [3.05, 3.63) is 53.8 Å². The summed E-state index contributed by atoms with van der Waals surface area (Å²) in [5.41, 5.74) is 2.40. The fourth-order valence-corrected chi connectivity index (χ4v) is 6.12. The van der Waals surface area contributed by atoms with Gasteiger partial charge in [-0.3, -0.25) is 9.69 Å². The molecule has 2 heterocycles. The lowest BCUT2D eigenvalue weighted by atomic mass is 9.86. The van der Waals surface area contributed by atoms with Gasteiger partial charge in [-0.1, -0.05) is 31.4 Å². The van der Waals surface area contributed by atoms with E-state index in [9.17, 15) is 22.4 Å².